The lowest BCUT2D eigenvalue weighted by Crippen LogP contribution is -2.46. The molecule has 0 fully saturated rings. The van der Waals surface area contributed by atoms with Crippen molar-refractivity contribution in [1.82, 2.24) is 5.32 Å². The molecule has 0 aromatic rings. The standard InChI is InChI=1S/C42H79N2O7P/c1-3-5-7-9-11-13-14-15-16-17-18-19-20-21-22-23-24-26-28-30-32-34-41(46)40(38-51-52(48,49)50-36-35-43)44-42(47)37-39(45)33-31-29-27-25-12-10-8-6-4-2/h10,12,20-21,24,26,32,34,39-41,45-46H,3-9,11,13-19,22-23,25,27-31,33,35-38,43H2,1-2H3,(H,44,47)(H,48,49)/b12-10-,21-20+,26-24+,34-32+. The van der Waals surface area contributed by atoms with Gasteiger partial charge in [0.15, 0.2) is 0 Å². The molecule has 0 heterocycles. The number of hydrogen-bond donors (Lipinski definition) is 5. The fourth-order valence-electron chi connectivity index (χ4n) is 5.72. The van der Waals surface area contributed by atoms with Crippen LogP contribution in [-0.4, -0.2) is 59.0 Å². The number of unbranched alkanes of at least 4 members (excludes halogenated alkanes) is 18. The lowest BCUT2D eigenvalue weighted by Gasteiger charge is -2.24. The predicted octanol–water partition coefficient (Wildman–Crippen LogP) is 10.3. The maximum absolute atomic E-state index is 12.7. The summed E-state index contributed by atoms with van der Waals surface area (Å²) in [5, 5.41) is 23.9. The number of phosphoric acid groups is 1. The van der Waals surface area contributed by atoms with Gasteiger partial charge in [0.05, 0.1) is 37.9 Å². The van der Waals surface area contributed by atoms with Gasteiger partial charge in [-0.1, -0.05) is 152 Å². The minimum absolute atomic E-state index is 0.0393. The Morgan fingerprint density at radius 2 is 1.12 bits per heavy atom. The van der Waals surface area contributed by atoms with Crippen molar-refractivity contribution >= 4 is 13.7 Å². The van der Waals surface area contributed by atoms with Gasteiger partial charge in [0.1, 0.15) is 0 Å². The fourth-order valence-corrected chi connectivity index (χ4v) is 6.48. The van der Waals surface area contributed by atoms with E-state index in [1.165, 1.54) is 83.5 Å². The normalized spacial score (nSPS) is 15.3. The van der Waals surface area contributed by atoms with Crippen molar-refractivity contribution in [2.75, 3.05) is 19.8 Å². The van der Waals surface area contributed by atoms with E-state index in [1.54, 1.807) is 6.08 Å². The zero-order valence-corrected chi connectivity index (χ0v) is 34.0. The summed E-state index contributed by atoms with van der Waals surface area (Å²) in [5.41, 5.74) is 5.35. The fraction of sp³-hybridized carbons (Fsp3) is 0.786. The zero-order valence-electron chi connectivity index (χ0n) is 33.1. The first kappa shape index (κ1) is 50.4. The van der Waals surface area contributed by atoms with Gasteiger partial charge >= 0.3 is 7.82 Å². The summed E-state index contributed by atoms with van der Waals surface area (Å²) in [4.78, 5) is 22.6. The van der Waals surface area contributed by atoms with Crippen LogP contribution in [0.15, 0.2) is 48.6 Å². The lowest BCUT2D eigenvalue weighted by atomic mass is 10.1. The van der Waals surface area contributed by atoms with Gasteiger partial charge in [-0.3, -0.25) is 13.8 Å². The van der Waals surface area contributed by atoms with E-state index in [2.05, 4.69) is 55.6 Å². The third-order valence-corrected chi connectivity index (χ3v) is 9.89. The third-order valence-electron chi connectivity index (χ3n) is 8.91. The molecule has 0 aromatic heterocycles. The van der Waals surface area contributed by atoms with Gasteiger partial charge in [-0.05, 0) is 64.2 Å². The van der Waals surface area contributed by atoms with Gasteiger partial charge in [0, 0.05) is 6.54 Å². The molecule has 10 heteroatoms. The molecule has 4 atom stereocenters. The first-order valence-electron chi connectivity index (χ1n) is 20.8. The molecule has 0 aliphatic carbocycles. The predicted molar refractivity (Wildman–Crippen MR) is 218 cm³/mol. The quantitative estimate of drug-likeness (QED) is 0.0237. The molecule has 0 radical (unpaired) electrons. The zero-order chi connectivity index (χ0) is 38.4. The second kappa shape index (κ2) is 37.7. The molecule has 0 bridgehead atoms. The molecular weight excluding hydrogens is 675 g/mol. The Balaban J connectivity index is 4.41. The number of carbonyl (C=O) groups excluding carboxylic acids is 1. The highest BCUT2D eigenvalue weighted by Gasteiger charge is 2.27. The number of nitrogens with two attached hydrogens (primary N) is 1. The van der Waals surface area contributed by atoms with Crippen LogP contribution in [0.3, 0.4) is 0 Å². The van der Waals surface area contributed by atoms with Gasteiger partial charge < -0.3 is 26.2 Å². The van der Waals surface area contributed by atoms with E-state index in [1.807, 2.05) is 6.08 Å². The van der Waals surface area contributed by atoms with Crippen LogP contribution in [0.25, 0.3) is 0 Å². The van der Waals surface area contributed by atoms with Crippen LogP contribution in [0.2, 0.25) is 0 Å². The van der Waals surface area contributed by atoms with Crippen molar-refractivity contribution in [3.05, 3.63) is 48.6 Å². The summed E-state index contributed by atoms with van der Waals surface area (Å²) in [6, 6.07) is -1.01. The summed E-state index contributed by atoms with van der Waals surface area (Å²) < 4.78 is 22.0. The molecule has 0 aromatic carbocycles. The highest BCUT2D eigenvalue weighted by molar-refractivity contribution is 7.47. The number of aliphatic hydroxyl groups is 2. The molecule has 0 saturated heterocycles. The first-order valence-corrected chi connectivity index (χ1v) is 22.3. The summed E-state index contributed by atoms with van der Waals surface area (Å²) in [6.45, 7) is 3.87. The summed E-state index contributed by atoms with van der Waals surface area (Å²) in [6.07, 6.45) is 42.2. The van der Waals surface area contributed by atoms with E-state index < -0.39 is 38.6 Å². The Kier molecular flexibility index (Phi) is 36.6. The topological polar surface area (TPSA) is 151 Å². The second-order valence-electron chi connectivity index (χ2n) is 14.0. The molecular formula is C42H79N2O7P. The van der Waals surface area contributed by atoms with Gasteiger partial charge in [0.25, 0.3) is 0 Å². The first-order chi connectivity index (χ1) is 25.3. The Hall–Kier alpha value is -1.58. The van der Waals surface area contributed by atoms with E-state index >= 15 is 0 Å². The molecule has 9 nitrogen and oxygen atoms in total. The van der Waals surface area contributed by atoms with E-state index in [9.17, 15) is 24.5 Å². The number of amides is 1. The third kappa shape index (κ3) is 35.4. The molecule has 304 valence electrons. The molecule has 52 heavy (non-hydrogen) atoms. The average molecular weight is 755 g/mol. The minimum Gasteiger partial charge on any atom is -0.393 e. The van der Waals surface area contributed by atoms with E-state index in [0.29, 0.717) is 12.8 Å². The van der Waals surface area contributed by atoms with Crippen LogP contribution in [0.1, 0.15) is 174 Å². The van der Waals surface area contributed by atoms with Crippen LogP contribution >= 0.6 is 7.82 Å². The Bertz CT molecular complexity index is 972. The molecule has 0 saturated carbocycles. The van der Waals surface area contributed by atoms with Crippen molar-refractivity contribution in [3.63, 3.8) is 0 Å². The van der Waals surface area contributed by atoms with Crippen molar-refractivity contribution in [2.45, 2.75) is 193 Å². The van der Waals surface area contributed by atoms with Crippen LogP contribution in [0, 0.1) is 0 Å². The monoisotopic (exact) mass is 755 g/mol. The van der Waals surface area contributed by atoms with Crippen molar-refractivity contribution in [2.24, 2.45) is 5.73 Å². The summed E-state index contributed by atoms with van der Waals surface area (Å²) >= 11 is 0. The number of aliphatic hydroxyl groups excluding tert-OH is 2. The summed E-state index contributed by atoms with van der Waals surface area (Å²) in [5.74, 6) is -0.473. The Labute approximate surface area is 318 Å². The molecule has 0 spiro atoms. The molecule has 0 aliphatic heterocycles. The van der Waals surface area contributed by atoms with Gasteiger partial charge in [-0.2, -0.15) is 0 Å². The Morgan fingerprint density at radius 1 is 0.654 bits per heavy atom. The number of nitrogens with one attached hydrogen (secondary N) is 1. The second-order valence-corrected chi connectivity index (χ2v) is 15.5. The van der Waals surface area contributed by atoms with Crippen LogP contribution in [0.5, 0.6) is 0 Å². The van der Waals surface area contributed by atoms with Gasteiger partial charge in [0.2, 0.25) is 5.91 Å². The molecule has 0 aliphatic rings. The number of hydrogen-bond acceptors (Lipinski definition) is 7. The number of allylic oxidation sites excluding steroid dienone is 7. The maximum Gasteiger partial charge on any atom is 0.472 e. The lowest BCUT2D eigenvalue weighted by molar-refractivity contribution is -0.124. The highest BCUT2D eigenvalue weighted by atomic mass is 31.2. The maximum atomic E-state index is 12.7. The van der Waals surface area contributed by atoms with Crippen LogP contribution < -0.4 is 11.1 Å². The Morgan fingerprint density at radius 3 is 1.65 bits per heavy atom. The van der Waals surface area contributed by atoms with Crippen molar-refractivity contribution in [3.8, 4) is 0 Å². The van der Waals surface area contributed by atoms with Gasteiger partial charge in [-0.25, -0.2) is 4.57 Å². The van der Waals surface area contributed by atoms with Crippen LogP contribution in [-0.2, 0) is 18.4 Å². The molecule has 0 rings (SSSR count). The van der Waals surface area contributed by atoms with E-state index in [0.717, 1.165) is 57.8 Å². The van der Waals surface area contributed by atoms with E-state index in [-0.39, 0.29) is 19.6 Å². The average Bonchev–Trinajstić information content (AvgIpc) is 3.12. The van der Waals surface area contributed by atoms with Gasteiger partial charge in [-0.15, -0.1) is 0 Å². The summed E-state index contributed by atoms with van der Waals surface area (Å²) in [7, 11) is -4.41. The van der Waals surface area contributed by atoms with Crippen molar-refractivity contribution < 1.29 is 33.5 Å². The SMILES string of the molecule is CCCC/C=C\CCCCCC(O)CC(=O)NC(COP(=O)(O)OCCN)C(O)/C=C/CC/C=C/CC/C=C/CCCCCCCCCCCCC. The largest absolute Gasteiger partial charge is 0.472 e. The molecule has 4 unspecified atom stereocenters. The minimum atomic E-state index is -4.41. The number of rotatable bonds is 38. The number of carbonyl (C=O) groups is 1. The van der Waals surface area contributed by atoms with Crippen LogP contribution in [0.4, 0.5) is 0 Å². The van der Waals surface area contributed by atoms with Crippen molar-refractivity contribution in [1.29, 1.82) is 0 Å². The molecule has 1 amide bonds. The molecule has 6 N–H and O–H groups in total. The van der Waals surface area contributed by atoms with E-state index in [4.69, 9.17) is 14.8 Å². The number of phosphoric ester groups is 1. The highest BCUT2D eigenvalue weighted by Crippen LogP contribution is 2.43. The smallest absolute Gasteiger partial charge is 0.393 e.